The van der Waals surface area contributed by atoms with Crippen molar-refractivity contribution >= 4 is 46.4 Å². The minimum Gasteiger partial charge on any atom is -0.506 e. The molecule has 0 radical (unpaired) electrons. The summed E-state index contributed by atoms with van der Waals surface area (Å²) in [5, 5.41) is 29.5. The third kappa shape index (κ3) is 7.23. The molecule has 0 amide bonds. The SMILES string of the molecule is CCNC(/C=c1/cc(-c2csc(-c3ccccc3)n2)c(=O)o/c1=C/CO)=C(O)/C=C1\CC=C(c2csc(-c3ccccc3)n2)C(=O)O1. The number of thiazole rings is 2. The Morgan fingerprint density at radius 1 is 0.936 bits per heavy atom. The fourth-order valence-electron chi connectivity index (χ4n) is 4.85. The molecule has 0 bridgehead atoms. The molecule has 9 nitrogen and oxygen atoms in total. The van der Waals surface area contributed by atoms with Crippen molar-refractivity contribution in [1.82, 2.24) is 15.3 Å². The quantitative estimate of drug-likeness (QED) is 0.140. The van der Waals surface area contributed by atoms with Crippen molar-refractivity contribution in [2.24, 2.45) is 0 Å². The molecular formula is C36H29N3O6S2. The van der Waals surface area contributed by atoms with Gasteiger partial charge in [-0.3, -0.25) is 0 Å². The first-order valence-corrected chi connectivity index (χ1v) is 16.5. The predicted molar refractivity (Wildman–Crippen MR) is 184 cm³/mol. The maximum Gasteiger partial charge on any atom is 0.345 e. The Hall–Kier alpha value is -5.36. The van der Waals surface area contributed by atoms with E-state index < -0.39 is 11.6 Å². The molecule has 0 atom stereocenters. The first-order chi connectivity index (χ1) is 22.9. The third-order valence-electron chi connectivity index (χ3n) is 7.08. The summed E-state index contributed by atoms with van der Waals surface area (Å²) in [6, 6.07) is 21.0. The van der Waals surface area contributed by atoms with E-state index in [0.29, 0.717) is 28.7 Å². The minimum absolute atomic E-state index is 0.130. The molecule has 3 aromatic heterocycles. The highest BCUT2D eigenvalue weighted by Gasteiger charge is 2.23. The first kappa shape index (κ1) is 31.6. The molecule has 0 unspecified atom stereocenters. The zero-order valence-electron chi connectivity index (χ0n) is 25.2. The summed E-state index contributed by atoms with van der Waals surface area (Å²) in [5.41, 5.74) is 3.26. The molecule has 11 heteroatoms. The molecule has 47 heavy (non-hydrogen) atoms. The first-order valence-electron chi connectivity index (χ1n) is 14.7. The van der Waals surface area contributed by atoms with Crippen LogP contribution in [0, 0.1) is 0 Å². The van der Waals surface area contributed by atoms with E-state index in [-0.39, 0.29) is 41.2 Å². The molecule has 236 valence electrons. The third-order valence-corrected chi connectivity index (χ3v) is 8.86. The highest BCUT2D eigenvalue weighted by Crippen LogP contribution is 2.31. The van der Waals surface area contributed by atoms with Crippen molar-refractivity contribution < 1.29 is 24.2 Å². The van der Waals surface area contributed by atoms with E-state index in [1.54, 1.807) is 23.6 Å². The van der Waals surface area contributed by atoms with Crippen LogP contribution < -0.4 is 21.6 Å². The lowest BCUT2D eigenvalue weighted by atomic mass is 10.1. The molecule has 0 fully saturated rings. The number of ether oxygens (including phenoxy) is 1. The van der Waals surface area contributed by atoms with Gasteiger partial charge < -0.3 is 24.7 Å². The number of aliphatic hydroxyl groups is 2. The number of carbonyl (C=O) groups is 1. The Morgan fingerprint density at radius 2 is 1.57 bits per heavy atom. The van der Waals surface area contributed by atoms with Gasteiger partial charge in [-0.25, -0.2) is 19.6 Å². The lowest BCUT2D eigenvalue weighted by Gasteiger charge is -2.15. The monoisotopic (exact) mass is 663 g/mol. The number of hydrogen-bond acceptors (Lipinski definition) is 11. The van der Waals surface area contributed by atoms with Crippen molar-refractivity contribution in [3.8, 4) is 32.4 Å². The number of aliphatic hydroxyl groups excluding tert-OH is 2. The van der Waals surface area contributed by atoms with Crippen LogP contribution in [-0.4, -0.2) is 39.3 Å². The van der Waals surface area contributed by atoms with Crippen LogP contribution in [0.3, 0.4) is 0 Å². The Kier molecular flexibility index (Phi) is 9.67. The lowest BCUT2D eigenvalue weighted by Crippen LogP contribution is -2.31. The van der Waals surface area contributed by atoms with Gasteiger partial charge in [-0.15, -0.1) is 22.7 Å². The van der Waals surface area contributed by atoms with Crippen LogP contribution >= 0.6 is 22.7 Å². The fraction of sp³-hybridized carbons (Fsp3) is 0.111. The molecule has 6 rings (SSSR count). The van der Waals surface area contributed by atoms with Gasteiger partial charge in [-0.1, -0.05) is 66.7 Å². The van der Waals surface area contributed by atoms with Crippen molar-refractivity contribution in [3.05, 3.63) is 134 Å². The standard InChI is InChI=1S/C36H29N3O6S2/c1-2-37-28(31(41)19-25-13-14-26(35(42)44-25)29-20-46-33(38-29)22-9-5-3-6-10-22)18-24-17-27(36(43)45-32(24)15-16-40)30-21-47-34(39-30)23-11-7-4-8-12-23/h3-12,14-15,17-21,37,40-41H,2,13,16H2,1H3/b24-18-,25-19+,31-28-,32-15+. The largest absolute Gasteiger partial charge is 0.506 e. The number of benzene rings is 2. The summed E-state index contributed by atoms with van der Waals surface area (Å²) in [7, 11) is 0. The molecule has 1 aliphatic heterocycles. The van der Waals surface area contributed by atoms with Gasteiger partial charge >= 0.3 is 11.6 Å². The fourth-order valence-corrected chi connectivity index (χ4v) is 6.50. The second-order valence-electron chi connectivity index (χ2n) is 10.3. The van der Waals surface area contributed by atoms with Crippen LogP contribution in [0.1, 0.15) is 19.0 Å². The topological polar surface area (TPSA) is 135 Å². The molecule has 5 aromatic rings. The smallest absolute Gasteiger partial charge is 0.345 e. The van der Waals surface area contributed by atoms with E-state index in [9.17, 15) is 19.8 Å². The van der Waals surface area contributed by atoms with Crippen LogP contribution in [0.2, 0.25) is 0 Å². The van der Waals surface area contributed by atoms with Crippen molar-refractivity contribution in [2.45, 2.75) is 13.3 Å². The lowest BCUT2D eigenvalue weighted by molar-refractivity contribution is -0.133. The highest BCUT2D eigenvalue weighted by molar-refractivity contribution is 7.13. The van der Waals surface area contributed by atoms with Crippen molar-refractivity contribution in [3.63, 3.8) is 0 Å². The molecule has 3 N–H and O–H groups in total. The number of rotatable bonds is 9. The van der Waals surface area contributed by atoms with Gasteiger partial charge in [0.05, 0.1) is 34.8 Å². The summed E-state index contributed by atoms with van der Waals surface area (Å²) < 4.78 is 11.2. The number of nitrogens with zero attached hydrogens (tertiary/aromatic N) is 2. The maximum absolute atomic E-state index is 13.0. The zero-order valence-corrected chi connectivity index (χ0v) is 26.8. The van der Waals surface area contributed by atoms with Gasteiger partial charge in [0.1, 0.15) is 26.9 Å². The average molecular weight is 664 g/mol. The minimum atomic E-state index is -0.611. The Morgan fingerprint density at radius 3 is 2.19 bits per heavy atom. The van der Waals surface area contributed by atoms with Crippen molar-refractivity contribution in [1.29, 1.82) is 0 Å². The number of nitrogens with one attached hydrogen (secondary N) is 1. The molecule has 4 heterocycles. The number of carbonyl (C=O) groups excluding carboxylic acids is 1. The number of aromatic nitrogens is 2. The number of allylic oxidation sites excluding steroid dienone is 3. The Balaban J connectivity index is 1.33. The van der Waals surface area contributed by atoms with E-state index in [4.69, 9.17) is 9.15 Å². The van der Waals surface area contributed by atoms with Crippen LogP contribution in [0.5, 0.6) is 0 Å². The van der Waals surface area contributed by atoms with Crippen LogP contribution in [0.25, 0.3) is 50.1 Å². The number of hydrogen-bond donors (Lipinski definition) is 3. The van der Waals surface area contributed by atoms with Gasteiger partial charge in [-0.05, 0) is 25.1 Å². The van der Waals surface area contributed by atoms with Crippen LogP contribution in [-0.2, 0) is 9.53 Å². The molecule has 0 spiro atoms. The predicted octanol–water partition coefficient (Wildman–Crippen LogP) is 5.40. The van der Waals surface area contributed by atoms with Crippen molar-refractivity contribution in [2.75, 3.05) is 13.2 Å². The summed E-state index contributed by atoms with van der Waals surface area (Å²) in [6.07, 6.45) is 6.32. The Labute approximate surface area is 277 Å². The number of cyclic esters (lactones) is 1. The molecule has 1 aliphatic rings. The molecule has 0 saturated carbocycles. The summed E-state index contributed by atoms with van der Waals surface area (Å²) in [4.78, 5) is 35.2. The second kappa shape index (κ2) is 14.4. The van der Waals surface area contributed by atoms with Gasteiger partial charge in [0.25, 0.3) is 0 Å². The Bertz CT molecular complexity index is 2200. The zero-order chi connectivity index (χ0) is 32.8. The van der Waals surface area contributed by atoms with Crippen LogP contribution in [0.4, 0.5) is 0 Å². The highest BCUT2D eigenvalue weighted by atomic mass is 32.1. The van der Waals surface area contributed by atoms with E-state index in [0.717, 1.165) is 21.1 Å². The van der Waals surface area contributed by atoms with E-state index in [1.807, 2.05) is 73.0 Å². The molecule has 2 aromatic carbocycles. The molecule has 0 aliphatic carbocycles. The van der Waals surface area contributed by atoms with Gasteiger partial charge in [0, 0.05) is 46.1 Å². The van der Waals surface area contributed by atoms with Gasteiger partial charge in [0.2, 0.25) is 0 Å². The van der Waals surface area contributed by atoms with Gasteiger partial charge in [0.15, 0.2) is 0 Å². The normalized spacial score (nSPS) is 15.4. The molecular weight excluding hydrogens is 635 g/mol. The summed E-state index contributed by atoms with van der Waals surface area (Å²) in [6.45, 7) is 1.94. The number of esters is 1. The summed E-state index contributed by atoms with van der Waals surface area (Å²) >= 11 is 2.85. The van der Waals surface area contributed by atoms with E-state index in [1.165, 1.54) is 34.8 Å². The maximum atomic E-state index is 13.0. The molecule has 0 saturated heterocycles. The van der Waals surface area contributed by atoms with Crippen LogP contribution in [0.15, 0.2) is 116 Å². The second-order valence-corrected chi connectivity index (χ2v) is 12.0. The van der Waals surface area contributed by atoms with Gasteiger partial charge in [-0.2, -0.15) is 0 Å². The summed E-state index contributed by atoms with van der Waals surface area (Å²) in [5.74, 6) is -0.521. The van der Waals surface area contributed by atoms with E-state index in [2.05, 4.69) is 15.3 Å². The van der Waals surface area contributed by atoms with E-state index >= 15 is 0 Å². The average Bonchev–Trinajstić information content (AvgIpc) is 3.78.